The fourth-order valence-electron chi connectivity index (χ4n) is 3.88. The lowest BCUT2D eigenvalue weighted by molar-refractivity contribution is 0.0696. The van der Waals surface area contributed by atoms with Gasteiger partial charge in [-0.3, -0.25) is 9.78 Å². The van der Waals surface area contributed by atoms with Gasteiger partial charge >= 0.3 is 0 Å². The number of halogens is 1. The number of carbonyl (C=O) groups excluding carboxylic acids is 1. The summed E-state index contributed by atoms with van der Waals surface area (Å²) in [6.07, 6.45) is 0. The Morgan fingerprint density at radius 2 is 1.73 bits per heavy atom. The Kier molecular flexibility index (Phi) is 6.22. The highest BCUT2D eigenvalue weighted by molar-refractivity contribution is 7.89. The van der Waals surface area contributed by atoms with E-state index in [-0.39, 0.29) is 42.7 Å². The molecule has 0 aliphatic carbocycles. The van der Waals surface area contributed by atoms with Gasteiger partial charge in [-0.05, 0) is 37.3 Å². The zero-order chi connectivity index (χ0) is 23.8. The van der Waals surface area contributed by atoms with Crippen LogP contribution in [0.3, 0.4) is 0 Å². The molecular formula is C23H24FN3O5S. The Morgan fingerprint density at radius 3 is 2.39 bits per heavy atom. The van der Waals surface area contributed by atoms with E-state index in [0.717, 1.165) is 0 Å². The second-order valence-electron chi connectivity index (χ2n) is 7.67. The first-order valence-electron chi connectivity index (χ1n) is 10.3. The van der Waals surface area contributed by atoms with Crippen LogP contribution in [0.1, 0.15) is 16.1 Å². The fraction of sp³-hybridized carbons (Fsp3) is 0.304. The maximum absolute atomic E-state index is 13.5. The molecule has 0 spiro atoms. The van der Waals surface area contributed by atoms with Gasteiger partial charge in [0, 0.05) is 43.7 Å². The molecule has 3 aromatic rings. The van der Waals surface area contributed by atoms with Gasteiger partial charge < -0.3 is 14.4 Å². The molecule has 2 heterocycles. The molecule has 2 aromatic carbocycles. The first kappa shape index (κ1) is 22.9. The van der Waals surface area contributed by atoms with Crippen LogP contribution in [0.25, 0.3) is 10.9 Å². The van der Waals surface area contributed by atoms with Gasteiger partial charge in [-0.2, -0.15) is 4.31 Å². The lowest BCUT2D eigenvalue weighted by Crippen LogP contribution is -2.50. The number of rotatable bonds is 5. The minimum Gasteiger partial charge on any atom is -0.497 e. The molecule has 8 nitrogen and oxygen atoms in total. The number of benzene rings is 2. The molecule has 0 bridgehead atoms. The number of aryl methyl sites for hydroxylation is 1. The second-order valence-corrected chi connectivity index (χ2v) is 9.58. The Bertz CT molecular complexity index is 1320. The third-order valence-electron chi connectivity index (χ3n) is 5.72. The molecule has 0 unspecified atom stereocenters. The summed E-state index contributed by atoms with van der Waals surface area (Å²) in [5.41, 5.74) is 1.39. The van der Waals surface area contributed by atoms with Gasteiger partial charge in [-0.25, -0.2) is 12.8 Å². The van der Waals surface area contributed by atoms with E-state index in [1.54, 1.807) is 36.1 Å². The van der Waals surface area contributed by atoms with Gasteiger partial charge in [0.2, 0.25) is 10.0 Å². The van der Waals surface area contributed by atoms with E-state index in [1.165, 1.54) is 36.7 Å². The van der Waals surface area contributed by atoms with Crippen LogP contribution < -0.4 is 9.47 Å². The predicted octanol–water partition coefficient (Wildman–Crippen LogP) is 2.85. The molecule has 0 radical (unpaired) electrons. The first-order valence-corrected chi connectivity index (χ1v) is 11.8. The average Bonchev–Trinajstić information content (AvgIpc) is 2.82. The SMILES string of the molecule is COc1ccc(OC)c(S(=O)(=O)N2CCN(C(=O)c3cc4ccc(F)cc4nc3C)CC2)c1. The smallest absolute Gasteiger partial charge is 0.255 e. The summed E-state index contributed by atoms with van der Waals surface area (Å²) in [6.45, 7) is 2.43. The highest BCUT2D eigenvalue weighted by Gasteiger charge is 2.33. The normalized spacial score (nSPS) is 15.0. The van der Waals surface area contributed by atoms with Crippen molar-refractivity contribution in [2.45, 2.75) is 11.8 Å². The van der Waals surface area contributed by atoms with Crippen molar-refractivity contribution in [2.24, 2.45) is 0 Å². The Balaban J connectivity index is 1.53. The molecule has 1 fully saturated rings. The van der Waals surface area contributed by atoms with Crippen LogP contribution in [0.2, 0.25) is 0 Å². The average molecular weight is 474 g/mol. The number of pyridine rings is 1. The van der Waals surface area contributed by atoms with Gasteiger partial charge in [0.1, 0.15) is 22.2 Å². The van der Waals surface area contributed by atoms with Gasteiger partial charge in [0.05, 0.1) is 31.0 Å². The Morgan fingerprint density at radius 1 is 1.00 bits per heavy atom. The maximum Gasteiger partial charge on any atom is 0.255 e. The minimum atomic E-state index is -3.85. The number of methoxy groups -OCH3 is 2. The van der Waals surface area contributed by atoms with Crippen molar-refractivity contribution in [1.29, 1.82) is 0 Å². The van der Waals surface area contributed by atoms with Gasteiger partial charge in [-0.15, -0.1) is 0 Å². The number of hydrogen-bond donors (Lipinski definition) is 0. The molecule has 1 amide bonds. The molecule has 1 aromatic heterocycles. The van der Waals surface area contributed by atoms with E-state index in [2.05, 4.69) is 4.98 Å². The second kappa shape index (κ2) is 8.95. The Hall–Kier alpha value is -3.24. The van der Waals surface area contributed by atoms with Crippen molar-refractivity contribution in [2.75, 3.05) is 40.4 Å². The minimum absolute atomic E-state index is 0.0194. The van der Waals surface area contributed by atoms with Gasteiger partial charge in [0.15, 0.2) is 0 Å². The monoisotopic (exact) mass is 473 g/mol. The number of fused-ring (bicyclic) bond motifs is 1. The predicted molar refractivity (Wildman–Crippen MR) is 121 cm³/mol. The molecule has 174 valence electrons. The van der Waals surface area contributed by atoms with Gasteiger partial charge in [-0.1, -0.05) is 0 Å². The first-order chi connectivity index (χ1) is 15.7. The van der Waals surface area contributed by atoms with Crippen LogP contribution in [0.15, 0.2) is 47.4 Å². The largest absolute Gasteiger partial charge is 0.497 e. The number of piperazine rings is 1. The van der Waals surface area contributed by atoms with Crippen molar-refractivity contribution >= 4 is 26.8 Å². The van der Waals surface area contributed by atoms with Crippen LogP contribution in [0.5, 0.6) is 11.5 Å². The van der Waals surface area contributed by atoms with Crippen molar-refractivity contribution in [3.8, 4) is 11.5 Å². The number of sulfonamides is 1. The number of aromatic nitrogens is 1. The van der Waals surface area contributed by atoms with Crippen molar-refractivity contribution in [3.05, 3.63) is 59.5 Å². The van der Waals surface area contributed by atoms with E-state index in [1.807, 2.05) is 0 Å². The highest BCUT2D eigenvalue weighted by Crippen LogP contribution is 2.31. The third kappa shape index (κ3) is 4.36. The summed E-state index contributed by atoms with van der Waals surface area (Å²) in [6, 6.07) is 10.5. The van der Waals surface area contributed by atoms with Crippen molar-refractivity contribution < 1.29 is 27.1 Å². The van der Waals surface area contributed by atoms with Crippen LogP contribution in [-0.4, -0.2) is 68.9 Å². The molecule has 0 saturated carbocycles. The molecule has 1 aliphatic rings. The highest BCUT2D eigenvalue weighted by atomic mass is 32.2. The fourth-order valence-corrected chi connectivity index (χ4v) is 5.47. The van der Waals surface area contributed by atoms with Crippen molar-refractivity contribution in [3.63, 3.8) is 0 Å². The lowest BCUT2D eigenvalue weighted by Gasteiger charge is -2.34. The lowest BCUT2D eigenvalue weighted by atomic mass is 10.1. The van der Waals surface area contributed by atoms with Crippen LogP contribution >= 0.6 is 0 Å². The quantitative estimate of drug-likeness (QED) is 0.566. The molecule has 10 heteroatoms. The number of hydrogen-bond acceptors (Lipinski definition) is 6. The van der Waals surface area contributed by atoms with Crippen LogP contribution in [-0.2, 0) is 10.0 Å². The molecule has 1 aliphatic heterocycles. The molecule has 4 rings (SSSR count). The number of nitrogens with zero attached hydrogens (tertiary/aromatic N) is 3. The molecular weight excluding hydrogens is 449 g/mol. The van der Waals surface area contributed by atoms with E-state index < -0.39 is 15.8 Å². The Labute approximate surface area is 191 Å². The standard InChI is InChI=1S/C23H24FN3O5S/c1-15-19(12-16-4-5-17(24)13-20(16)25-15)23(28)26-8-10-27(11-9-26)33(29,30)22-14-18(31-2)6-7-21(22)32-3/h4-7,12-14H,8-11H2,1-3H3. The number of carbonyl (C=O) groups is 1. The summed E-state index contributed by atoms with van der Waals surface area (Å²) >= 11 is 0. The summed E-state index contributed by atoms with van der Waals surface area (Å²) in [5.74, 6) is 0.00617. The zero-order valence-electron chi connectivity index (χ0n) is 18.5. The molecule has 0 atom stereocenters. The third-order valence-corrected chi connectivity index (χ3v) is 7.63. The summed E-state index contributed by atoms with van der Waals surface area (Å²) in [4.78, 5) is 19.1. The molecule has 0 N–H and O–H groups in total. The van der Waals surface area contributed by atoms with E-state index in [9.17, 15) is 17.6 Å². The van der Waals surface area contributed by atoms with Crippen molar-refractivity contribution in [1.82, 2.24) is 14.2 Å². The number of ether oxygens (including phenoxy) is 2. The topological polar surface area (TPSA) is 89.0 Å². The van der Waals surface area contributed by atoms with Crippen LogP contribution in [0.4, 0.5) is 4.39 Å². The zero-order valence-corrected chi connectivity index (χ0v) is 19.4. The van der Waals surface area contributed by atoms with E-state index in [4.69, 9.17) is 9.47 Å². The van der Waals surface area contributed by atoms with E-state index >= 15 is 0 Å². The molecule has 1 saturated heterocycles. The van der Waals surface area contributed by atoms with Gasteiger partial charge in [0.25, 0.3) is 5.91 Å². The maximum atomic E-state index is 13.5. The van der Waals surface area contributed by atoms with Crippen LogP contribution in [0, 0.1) is 12.7 Å². The van der Waals surface area contributed by atoms with E-state index in [0.29, 0.717) is 27.9 Å². The summed E-state index contributed by atoms with van der Waals surface area (Å²) < 4.78 is 51.7. The molecule has 33 heavy (non-hydrogen) atoms. The summed E-state index contributed by atoms with van der Waals surface area (Å²) in [5, 5.41) is 0.664. The summed E-state index contributed by atoms with van der Waals surface area (Å²) in [7, 11) is -0.980. The number of amides is 1.